The van der Waals surface area contributed by atoms with Crippen LogP contribution in [0.15, 0.2) is 52.8 Å². The number of carbonyl (C=O) groups is 1. The van der Waals surface area contributed by atoms with Gasteiger partial charge in [-0.05, 0) is 24.6 Å². The summed E-state index contributed by atoms with van der Waals surface area (Å²) in [4.78, 5) is 33.2. The van der Waals surface area contributed by atoms with Crippen molar-refractivity contribution in [1.82, 2.24) is 24.9 Å². The molecule has 4 rings (SSSR count). The molecular formula is C17H12N6O2S. The molecule has 1 amide bonds. The Kier molecular flexibility index (Phi) is 4.20. The lowest BCUT2D eigenvalue weighted by atomic mass is 10.2. The van der Waals surface area contributed by atoms with Crippen LogP contribution in [0.25, 0.3) is 23.1 Å². The molecule has 4 aromatic heterocycles. The minimum atomic E-state index is -0.446. The van der Waals surface area contributed by atoms with Gasteiger partial charge in [-0.15, -0.1) is 11.3 Å². The maximum absolute atomic E-state index is 12.3. The number of nitrogens with zero attached hydrogens (tertiary/aromatic N) is 5. The summed E-state index contributed by atoms with van der Waals surface area (Å²) in [5, 5.41) is 4.99. The molecule has 128 valence electrons. The summed E-state index contributed by atoms with van der Waals surface area (Å²) in [5.41, 5.74) is 2.50. The van der Waals surface area contributed by atoms with Crippen LogP contribution >= 0.6 is 11.3 Å². The average Bonchev–Trinajstić information content (AvgIpc) is 3.33. The van der Waals surface area contributed by atoms with E-state index in [1.165, 1.54) is 17.5 Å². The van der Waals surface area contributed by atoms with Crippen molar-refractivity contribution >= 4 is 22.4 Å². The predicted molar refractivity (Wildman–Crippen MR) is 95.6 cm³/mol. The van der Waals surface area contributed by atoms with Crippen LogP contribution in [-0.2, 0) is 0 Å². The molecule has 8 nitrogen and oxygen atoms in total. The van der Waals surface area contributed by atoms with Crippen molar-refractivity contribution in [3.8, 4) is 23.1 Å². The standard InChI is InChI=1S/C17H12N6O2S/c1-10-4-2-5-18-13(10)11-9-26-17(22-11)23-15(24)12-8-21-16(25-12)14-19-6-3-7-20-14/h2-9H,1H3,(H,22,23,24). The fourth-order valence-corrected chi connectivity index (χ4v) is 2.93. The highest BCUT2D eigenvalue weighted by Crippen LogP contribution is 2.26. The van der Waals surface area contributed by atoms with Crippen LogP contribution in [-0.4, -0.2) is 30.8 Å². The van der Waals surface area contributed by atoms with Gasteiger partial charge in [0.05, 0.1) is 11.9 Å². The molecule has 0 atom stereocenters. The van der Waals surface area contributed by atoms with Crippen molar-refractivity contribution in [1.29, 1.82) is 0 Å². The minimum Gasteiger partial charge on any atom is -0.428 e. The maximum Gasteiger partial charge on any atom is 0.294 e. The van der Waals surface area contributed by atoms with E-state index in [1.807, 2.05) is 24.4 Å². The minimum absolute atomic E-state index is 0.0539. The Morgan fingerprint density at radius 2 is 1.92 bits per heavy atom. The fourth-order valence-electron chi connectivity index (χ4n) is 2.24. The van der Waals surface area contributed by atoms with E-state index in [2.05, 4.69) is 30.2 Å². The molecule has 0 spiro atoms. The van der Waals surface area contributed by atoms with Gasteiger partial charge >= 0.3 is 0 Å². The van der Waals surface area contributed by atoms with E-state index >= 15 is 0 Å². The SMILES string of the molecule is Cc1cccnc1-c1csc(NC(=O)c2cnc(-c3ncccn3)o2)n1. The van der Waals surface area contributed by atoms with Gasteiger partial charge in [0.2, 0.25) is 11.6 Å². The van der Waals surface area contributed by atoms with E-state index < -0.39 is 5.91 Å². The van der Waals surface area contributed by atoms with Crippen molar-refractivity contribution in [2.24, 2.45) is 0 Å². The number of nitrogens with one attached hydrogen (secondary N) is 1. The molecule has 0 saturated carbocycles. The lowest BCUT2D eigenvalue weighted by molar-refractivity contribution is 0.0997. The van der Waals surface area contributed by atoms with Gasteiger partial charge in [0.1, 0.15) is 5.69 Å². The van der Waals surface area contributed by atoms with Gasteiger partial charge < -0.3 is 4.42 Å². The fraction of sp³-hybridized carbons (Fsp3) is 0.0588. The van der Waals surface area contributed by atoms with Crippen LogP contribution in [0, 0.1) is 6.92 Å². The lowest BCUT2D eigenvalue weighted by Crippen LogP contribution is -2.10. The molecule has 0 fully saturated rings. The summed E-state index contributed by atoms with van der Waals surface area (Å²) in [6.07, 6.45) is 6.19. The molecule has 0 unspecified atom stereocenters. The highest BCUT2D eigenvalue weighted by molar-refractivity contribution is 7.14. The van der Waals surface area contributed by atoms with Gasteiger partial charge in [0.25, 0.3) is 11.8 Å². The second kappa shape index (κ2) is 6.81. The largest absolute Gasteiger partial charge is 0.428 e. The molecule has 0 radical (unpaired) electrons. The van der Waals surface area contributed by atoms with Crippen LogP contribution in [0.1, 0.15) is 16.1 Å². The summed E-state index contributed by atoms with van der Waals surface area (Å²) in [5.74, 6) is 0.102. The second-order valence-electron chi connectivity index (χ2n) is 5.26. The molecule has 0 aliphatic carbocycles. The van der Waals surface area contributed by atoms with Gasteiger partial charge in [0.15, 0.2) is 5.13 Å². The van der Waals surface area contributed by atoms with Crippen molar-refractivity contribution in [3.63, 3.8) is 0 Å². The van der Waals surface area contributed by atoms with Gasteiger partial charge in [-0.25, -0.2) is 19.9 Å². The molecule has 1 N–H and O–H groups in total. The number of thiazole rings is 1. The third-order valence-electron chi connectivity index (χ3n) is 3.46. The highest BCUT2D eigenvalue weighted by Gasteiger charge is 2.17. The Bertz CT molecular complexity index is 1060. The number of amides is 1. The second-order valence-corrected chi connectivity index (χ2v) is 6.12. The van der Waals surface area contributed by atoms with E-state index in [1.54, 1.807) is 24.7 Å². The number of anilines is 1. The summed E-state index contributed by atoms with van der Waals surface area (Å²) in [6.45, 7) is 1.96. The van der Waals surface area contributed by atoms with Gasteiger partial charge in [-0.2, -0.15) is 0 Å². The molecule has 0 aliphatic heterocycles. The zero-order chi connectivity index (χ0) is 17.9. The number of oxazole rings is 1. The third-order valence-corrected chi connectivity index (χ3v) is 4.22. The average molecular weight is 364 g/mol. The number of aromatic nitrogens is 5. The number of aryl methyl sites for hydroxylation is 1. The van der Waals surface area contributed by atoms with Crippen LogP contribution in [0.4, 0.5) is 5.13 Å². The summed E-state index contributed by atoms with van der Waals surface area (Å²) in [6, 6.07) is 5.51. The van der Waals surface area contributed by atoms with Crippen molar-refractivity contribution in [2.75, 3.05) is 5.32 Å². The predicted octanol–water partition coefficient (Wildman–Crippen LogP) is 3.21. The smallest absolute Gasteiger partial charge is 0.294 e. The van der Waals surface area contributed by atoms with Crippen molar-refractivity contribution < 1.29 is 9.21 Å². The molecular weight excluding hydrogens is 352 g/mol. The molecule has 4 heterocycles. The summed E-state index contributed by atoms with van der Waals surface area (Å²) < 4.78 is 5.43. The zero-order valence-electron chi connectivity index (χ0n) is 13.6. The third kappa shape index (κ3) is 3.20. The van der Waals surface area contributed by atoms with Crippen molar-refractivity contribution in [2.45, 2.75) is 6.92 Å². The first kappa shape index (κ1) is 16.0. The number of pyridine rings is 1. The molecule has 0 aliphatic rings. The maximum atomic E-state index is 12.3. The van der Waals surface area contributed by atoms with Gasteiger partial charge in [-0.1, -0.05) is 6.07 Å². The quantitative estimate of drug-likeness (QED) is 0.592. The van der Waals surface area contributed by atoms with E-state index in [4.69, 9.17) is 4.42 Å². The topological polar surface area (TPSA) is 107 Å². The first-order valence-corrected chi connectivity index (χ1v) is 8.51. The summed E-state index contributed by atoms with van der Waals surface area (Å²) in [7, 11) is 0. The van der Waals surface area contributed by atoms with Crippen LogP contribution in [0.3, 0.4) is 0 Å². The number of hydrogen-bond donors (Lipinski definition) is 1. The highest BCUT2D eigenvalue weighted by atomic mass is 32.1. The van der Waals surface area contributed by atoms with E-state index in [9.17, 15) is 4.79 Å². The Morgan fingerprint density at radius 1 is 1.12 bits per heavy atom. The van der Waals surface area contributed by atoms with Gasteiger partial charge in [0, 0.05) is 24.0 Å². The van der Waals surface area contributed by atoms with E-state index in [0.29, 0.717) is 16.6 Å². The van der Waals surface area contributed by atoms with Crippen LogP contribution < -0.4 is 5.32 Å². The number of carbonyl (C=O) groups excluding carboxylic acids is 1. The number of rotatable bonds is 4. The molecule has 0 aromatic carbocycles. The first-order chi connectivity index (χ1) is 12.7. The molecule has 0 bridgehead atoms. The monoisotopic (exact) mass is 364 g/mol. The van der Waals surface area contributed by atoms with E-state index in [-0.39, 0.29) is 11.7 Å². The molecule has 26 heavy (non-hydrogen) atoms. The summed E-state index contributed by atoms with van der Waals surface area (Å²) >= 11 is 1.31. The zero-order valence-corrected chi connectivity index (χ0v) is 14.4. The molecule has 0 saturated heterocycles. The molecule has 9 heteroatoms. The number of hydrogen-bond acceptors (Lipinski definition) is 8. The lowest BCUT2D eigenvalue weighted by Gasteiger charge is -2.00. The normalized spacial score (nSPS) is 10.7. The molecule has 4 aromatic rings. The Morgan fingerprint density at radius 3 is 2.73 bits per heavy atom. The Hall–Kier alpha value is -3.46. The Labute approximate surface area is 152 Å². The van der Waals surface area contributed by atoms with Crippen molar-refractivity contribution in [3.05, 3.63) is 59.7 Å². The van der Waals surface area contributed by atoms with Crippen LogP contribution in [0.5, 0.6) is 0 Å². The Balaban J connectivity index is 1.51. The van der Waals surface area contributed by atoms with Crippen LogP contribution in [0.2, 0.25) is 0 Å². The van der Waals surface area contributed by atoms with E-state index in [0.717, 1.165) is 11.3 Å². The van der Waals surface area contributed by atoms with Gasteiger partial charge in [-0.3, -0.25) is 15.1 Å². The first-order valence-electron chi connectivity index (χ1n) is 7.63.